The van der Waals surface area contributed by atoms with Crippen molar-refractivity contribution in [2.75, 3.05) is 26.3 Å². The van der Waals surface area contributed by atoms with Crippen molar-refractivity contribution < 1.29 is 14.6 Å². The fourth-order valence-electron chi connectivity index (χ4n) is 1.64. The van der Waals surface area contributed by atoms with E-state index in [9.17, 15) is 4.79 Å². The van der Waals surface area contributed by atoms with E-state index in [-0.39, 0.29) is 18.0 Å². The highest BCUT2D eigenvalue weighted by molar-refractivity contribution is 5.65. The van der Waals surface area contributed by atoms with Crippen LogP contribution in [0.15, 0.2) is 5.11 Å². The second-order valence-corrected chi connectivity index (χ2v) is 4.39. The number of ether oxygens (including phenoxy) is 1. The Morgan fingerprint density at radius 1 is 1.69 bits per heavy atom. The summed E-state index contributed by atoms with van der Waals surface area (Å²) in [7, 11) is 0. The van der Waals surface area contributed by atoms with E-state index in [0.29, 0.717) is 19.8 Å². The van der Waals surface area contributed by atoms with Gasteiger partial charge in [-0.25, -0.2) is 4.79 Å². The molecule has 90 valence electrons. The topological polar surface area (TPSA) is 98.5 Å². The van der Waals surface area contributed by atoms with Gasteiger partial charge in [0.05, 0.1) is 13.2 Å². The third-order valence-electron chi connectivity index (χ3n) is 2.66. The quantitative estimate of drug-likeness (QED) is 0.440. The number of azide groups is 1. The van der Waals surface area contributed by atoms with Crippen LogP contribution in [0.3, 0.4) is 0 Å². The molecule has 1 rings (SSSR count). The average Bonchev–Trinajstić information content (AvgIpc) is 2.14. The predicted molar refractivity (Wildman–Crippen MR) is 57.1 cm³/mol. The standard InChI is InChI=1S/C9H16N4O3/c1-7(2)13(8(14)15)4-9(3-11-12-10)5-16-6-9/h7H,3-6H2,1-2H3,(H,14,15). The Hall–Kier alpha value is -1.46. The molecule has 7 heteroatoms. The van der Waals surface area contributed by atoms with Gasteiger partial charge in [0.2, 0.25) is 0 Å². The first-order chi connectivity index (χ1) is 7.51. The first-order valence-electron chi connectivity index (χ1n) is 5.09. The van der Waals surface area contributed by atoms with Crippen LogP contribution in [-0.2, 0) is 4.74 Å². The average molecular weight is 228 g/mol. The van der Waals surface area contributed by atoms with Gasteiger partial charge in [-0.2, -0.15) is 0 Å². The van der Waals surface area contributed by atoms with E-state index in [1.165, 1.54) is 4.90 Å². The van der Waals surface area contributed by atoms with E-state index in [0.717, 1.165) is 0 Å². The van der Waals surface area contributed by atoms with Crippen LogP contribution in [0.1, 0.15) is 13.8 Å². The van der Waals surface area contributed by atoms with Crippen LogP contribution in [-0.4, -0.2) is 48.4 Å². The maximum Gasteiger partial charge on any atom is 0.407 e. The highest BCUT2D eigenvalue weighted by Crippen LogP contribution is 2.30. The molecule has 1 aliphatic rings. The van der Waals surface area contributed by atoms with Crippen LogP contribution in [0.5, 0.6) is 0 Å². The molecule has 0 radical (unpaired) electrons. The van der Waals surface area contributed by atoms with Gasteiger partial charge in [0, 0.05) is 29.5 Å². The Bertz CT molecular complexity index is 308. The molecule has 1 N–H and O–H groups in total. The molecule has 0 spiro atoms. The third-order valence-corrected chi connectivity index (χ3v) is 2.66. The number of carboxylic acid groups (broad SMARTS) is 1. The van der Waals surface area contributed by atoms with E-state index < -0.39 is 6.09 Å². The van der Waals surface area contributed by atoms with Crippen molar-refractivity contribution in [3.63, 3.8) is 0 Å². The minimum atomic E-state index is -0.956. The van der Waals surface area contributed by atoms with Gasteiger partial charge >= 0.3 is 6.09 Å². The molecule has 0 aliphatic carbocycles. The smallest absolute Gasteiger partial charge is 0.407 e. The molecule has 1 heterocycles. The first-order valence-corrected chi connectivity index (χ1v) is 5.09. The number of hydrogen-bond donors (Lipinski definition) is 1. The Kier molecular flexibility index (Phi) is 3.98. The molecule has 0 atom stereocenters. The fourth-order valence-corrected chi connectivity index (χ4v) is 1.64. The molecule has 1 saturated heterocycles. The van der Waals surface area contributed by atoms with Gasteiger partial charge in [-0.15, -0.1) is 0 Å². The van der Waals surface area contributed by atoms with Crippen LogP contribution in [0.25, 0.3) is 10.4 Å². The second-order valence-electron chi connectivity index (χ2n) is 4.39. The molecule has 0 aromatic rings. The number of nitrogens with zero attached hydrogens (tertiary/aromatic N) is 4. The van der Waals surface area contributed by atoms with Crippen LogP contribution >= 0.6 is 0 Å². The van der Waals surface area contributed by atoms with Crippen LogP contribution in [0, 0.1) is 5.41 Å². The lowest BCUT2D eigenvalue weighted by molar-refractivity contribution is -0.119. The van der Waals surface area contributed by atoms with Crippen LogP contribution in [0.4, 0.5) is 4.79 Å². The third kappa shape index (κ3) is 2.77. The Balaban J connectivity index is 2.67. The van der Waals surface area contributed by atoms with Crippen molar-refractivity contribution in [2.24, 2.45) is 10.5 Å². The lowest BCUT2D eigenvalue weighted by Crippen LogP contribution is -2.55. The molecule has 0 bridgehead atoms. The summed E-state index contributed by atoms with van der Waals surface area (Å²) in [4.78, 5) is 15.1. The maximum atomic E-state index is 11.0. The predicted octanol–water partition coefficient (Wildman–Crippen LogP) is 1.70. The van der Waals surface area contributed by atoms with Crippen molar-refractivity contribution in [3.8, 4) is 0 Å². The zero-order valence-corrected chi connectivity index (χ0v) is 9.46. The Morgan fingerprint density at radius 2 is 2.31 bits per heavy atom. The summed E-state index contributed by atoms with van der Waals surface area (Å²) in [5.41, 5.74) is 7.95. The lowest BCUT2D eigenvalue weighted by Gasteiger charge is -2.43. The van der Waals surface area contributed by atoms with Gasteiger partial charge in [0.15, 0.2) is 0 Å². The number of hydrogen-bond acceptors (Lipinski definition) is 3. The Morgan fingerprint density at radius 3 is 2.62 bits per heavy atom. The van der Waals surface area contributed by atoms with Crippen molar-refractivity contribution >= 4 is 6.09 Å². The monoisotopic (exact) mass is 228 g/mol. The summed E-state index contributed by atoms with van der Waals surface area (Å²) in [6, 6.07) is -0.0963. The lowest BCUT2D eigenvalue weighted by atomic mass is 9.85. The van der Waals surface area contributed by atoms with Crippen molar-refractivity contribution in [1.29, 1.82) is 0 Å². The summed E-state index contributed by atoms with van der Waals surface area (Å²) >= 11 is 0. The molecular formula is C9H16N4O3. The van der Waals surface area contributed by atoms with E-state index >= 15 is 0 Å². The van der Waals surface area contributed by atoms with Gasteiger partial charge in [-0.3, -0.25) is 0 Å². The molecule has 7 nitrogen and oxygen atoms in total. The van der Waals surface area contributed by atoms with Gasteiger partial charge in [0.25, 0.3) is 0 Å². The molecule has 0 unspecified atom stereocenters. The second kappa shape index (κ2) is 5.05. The normalized spacial score (nSPS) is 17.4. The summed E-state index contributed by atoms with van der Waals surface area (Å²) in [6.07, 6.45) is -0.956. The Labute approximate surface area is 93.6 Å². The summed E-state index contributed by atoms with van der Waals surface area (Å²) in [5.74, 6) is 0. The minimum absolute atomic E-state index is 0.0963. The molecular weight excluding hydrogens is 212 g/mol. The summed E-state index contributed by atoms with van der Waals surface area (Å²) < 4.78 is 5.09. The molecule has 1 amide bonds. The molecule has 0 aromatic heterocycles. The van der Waals surface area contributed by atoms with Crippen molar-refractivity contribution in [3.05, 3.63) is 10.4 Å². The first kappa shape index (κ1) is 12.6. The SMILES string of the molecule is CC(C)N(CC1(CN=[N+]=[N-])COC1)C(=O)O. The number of carbonyl (C=O) groups is 1. The molecule has 0 aromatic carbocycles. The molecule has 1 fully saturated rings. The molecule has 0 saturated carbocycles. The maximum absolute atomic E-state index is 11.0. The summed E-state index contributed by atoms with van der Waals surface area (Å²) in [5, 5.41) is 12.6. The number of amides is 1. The fraction of sp³-hybridized carbons (Fsp3) is 0.889. The zero-order valence-electron chi connectivity index (χ0n) is 9.46. The van der Waals surface area contributed by atoms with Gasteiger partial charge in [-0.1, -0.05) is 5.11 Å². The number of rotatable bonds is 5. The van der Waals surface area contributed by atoms with E-state index in [1.54, 1.807) is 0 Å². The van der Waals surface area contributed by atoms with E-state index in [2.05, 4.69) is 10.0 Å². The summed E-state index contributed by atoms with van der Waals surface area (Å²) in [6.45, 7) is 5.15. The van der Waals surface area contributed by atoms with Gasteiger partial charge in [0.1, 0.15) is 0 Å². The minimum Gasteiger partial charge on any atom is -0.465 e. The van der Waals surface area contributed by atoms with Crippen molar-refractivity contribution in [1.82, 2.24) is 4.90 Å². The van der Waals surface area contributed by atoms with E-state index in [4.69, 9.17) is 15.4 Å². The zero-order chi connectivity index (χ0) is 12.2. The highest BCUT2D eigenvalue weighted by atomic mass is 16.5. The molecule has 16 heavy (non-hydrogen) atoms. The molecule has 1 aliphatic heterocycles. The van der Waals surface area contributed by atoms with Gasteiger partial charge in [-0.05, 0) is 19.4 Å². The van der Waals surface area contributed by atoms with Gasteiger partial charge < -0.3 is 14.7 Å². The van der Waals surface area contributed by atoms with Crippen LogP contribution < -0.4 is 0 Å². The van der Waals surface area contributed by atoms with E-state index in [1.807, 2.05) is 13.8 Å². The van der Waals surface area contributed by atoms with Crippen LogP contribution in [0.2, 0.25) is 0 Å². The van der Waals surface area contributed by atoms with Crippen molar-refractivity contribution in [2.45, 2.75) is 19.9 Å². The highest BCUT2D eigenvalue weighted by Gasteiger charge is 2.41. The largest absolute Gasteiger partial charge is 0.465 e.